The fourth-order valence-electron chi connectivity index (χ4n) is 3.50. The molecule has 176 valence electrons. The van der Waals surface area contributed by atoms with Gasteiger partial charge in [0.15, 0.2) is 0 Å². The van der Waals surface area contributed by atoms with E-state index in [2.05, 4.69) is 0 Å². The predicted molar refractivity (Wildman–Crippen MR) is 145 cm³/mol. The molecule has 0 bridgehead atoms. The van der Waals surface area contributed by atoms with Gasteiger partial charge in [0, 0.05) is 27.6 Å². The summed E-state index contributed by atoms with van der Waals surface area (Å²) in [6.07, 6.45) is 1.73. The lowest BCUT2D eigenvalue weighted by Crippen LogP contribution is -2.31. The number of halogens is 1. The van der Waals surface area contributed by atoms with Crippen LogP contribution in [0.1, 0.15) is 11.3 Å². The van der Waals surface area contributed by atoms with Crippen LogP contribution < -0.4 is 9.68 Å². The highest BCUT2D eigenvalue weighted by Crippen LogP contribution is 2.42. The van der Waals surface area contributed by atoms with E-state index in [0.717, 1.165) is 16.2 Å². The van der Waals surface area contributed by atoms with Crippen LogP contribution in [0.4, 0.5) is 0 Å². The van der Waals surface area contributed by atoms with Gasteiger partial charge < -0.3 is 9.15 Å². The standard InChI is InChI=1S/C24H14ClNO5S4/c25-15-6-2-1-5-14(15)20-16(7-8-17-21(20)35-24(29)31-17)30-19(27)9-10-26-22(28)18(34-23(26)32)12-13-4-3-11-33-13/h1-8,11-12H,9-10H2. The Morgan fingerprint density at radius 3 is 2.74 bits per heavy atom. The van der Waals surface area contributed by atoms with Gasteiger partial charge in [-0.3, -0.25) is 14.5 Å². The van der Waals surface area contributed by atoms with Crippen molar-refractivity contribution in [1.82, 2.24) is 4.90 Å². The number of fused-ring (bicyclic) bond motifs is 1. The highest BCUT2D eigenvalue weighted by molar-refractivity contribution is 8.26. The van der Waals surface area contributed by atoms with Gasteiger partial charge in [-0.1, -0.05) is 71.2 Å². The Morgan fingerprint density at radius 2 is 1.97 bits per heavy atom. The number of amides is 1. The Bertz CT molecular complexity index is 1550. The Morgan fingerprint density at radius 1 is 1.14 bits per heavy atom. The Balaban J connectivity index is 1.36. The molecule has 0 radical (unpaired) electrons. The monoisotopic (exact) mass is 559 g/mol. The van der Waals surface area contributed by atoms with E-state index in [4.69, 9.17) is 33.0 Å². The summed E-state index contributed by atoms with van der Waals surface area (Å²) in [5, 5.41) is 2.37. The number of hydrogen-bond donors (Lipinski definition) is 0. The minimum atomic E-state index is -0.551. The highest BCUT2D eigenvalue weighted by Gasteiger charge is 2.32. The second-order valence-electron chi connectivity index (χ2n) is 7.27. The Labute approximate surface area is 221 Å². The molecule has 2 aromatic carbocycles. The van der Waals surface area contributed by atoms with Gasteiger partial charge in [-0.05, 0) is 35.7 Å². The maximum absolute atomic E-state index is 12.8. The second-order valence-corrected chi connectivity index (χ2v) is 11.3. The number of carbonyl (C=O) groups excluding carboxylic acids is 2. The third-order valence-electron chi connectivity index (χ3n) is 5.06. The topological polar surface area (TPSA) is 76.8 Å². The minimum absolute atomic E-state index is 0.0691. The first-order chi connectivity index (χ1) is 16.9. The molecule has 1 aliphatic rings. The summed E-state index contributed by atoms with van der Waals surface area (Å²) in [6, 6.07) is 14.0. The van der Waals surface area contributed by atoms with Crippen LogP contribution in [0.5, 0.6) is 5.75 Å². The van der Waals surface area contributed by atoms with Crippen LogP contribution in [0.15, 0.2) is 68.0 Å². The molecule has 0 atom stereocenters. The summed E-state index contributed by atoms with van der Waals surface area (Å²) in [6.45, 7) is 0.0913. The quantitative estimate of drug-likeness (QED) is 0.116. The van der Waals surface area contributed by atoms with Crippen LogP contribution >= 0.6 is 58.3 Å². The molecule has 35 heavy (non-hydrogen) atoms. The van der Waals surface area contributed by atoms with Crippen molar-refractivity contribution in [3.05, 3.63) is 78.4 Å². The number of nitrogens with zero attached hydrogens (tertiary/aromatic N) is 1. The molecule has 0 aliphatic carbocycles. The van der Waals surface area contributed by atoms with Crippen molar-refractivity contribution in [1.29, 1.82) is 0 Å². The summed E-state index contributed by atoms with van der Waals surface area (Å²) in [5.41, 5.74) is 1.49. The summed E-state index contributed by atoms with van der Waals surface area (Å²) < 4.78 is 11.8. The molecule has 3 heterocycles. The van der Waals surface area contributed by atoms with Crippen LogP contribution in [-0.2, 0) is 9.59 Å². The number of hydrogen-bond acceptors (Lipinski definition) is 9. The minimum Gasteiger partial charge on any atom is -0.426 e. The largest absolute Gasteiger partial charge is 0.426 e. The van der Waals surface area contributed by atoms with Crippen molar-refractivity contribution in [3.63, 3.8) is 0 Å². The lowest BCUT2D eigenvalue weighted by Gasteiger charge is -2.15. The Kier molecular flexibility index (Phi) is 6.90. The van der Waals surface area contributed by atoms with Crippen LogP contribution in [0, 0.1) is 0 Å². The normalized spacial score (nSPS) is 14.9. The molecular formula is C24H14ClNO5S4. The average molecular weight is 560 g/mol. The average Bonchev–Trinajstić information content (AvgIpc) is 3.53. The highest BCUT2D eigenvalue weighted by atomic mass is 35.5. The molecule has 6 nitrogen and oxygen atoms in total. The van der Waals surface area contributed by atoms with E-state index in [1.807, 2.05) is 17.5 Å². The first-order valence-corrected chi connectivity index (χ1v) is 13.5. The summed E-state index contributed by atoms with van der Waals surface area (Å²) in [4.78, 5) is 39.9. The van der Waals surface area contributed by atoms with Crippen LogP contribution in [0.25, 0.3) is 27.5 Å². The van der Waals surface area contributed by atoms with E-state index in [0.29, 0.717) is 35.7 Å². The van der Waals surface area contributed by atoms with E-state index >= 15 is 0 Å². The summed E-state index contributed by atoms with van der Waals surface area (Å²) in [7, 11) is 0. The molecule has 5 rings (SSSR count). The number of thiocarbonyl (C=S) groups is 1. The molecule has 0 N–H and O–H groups in total. The van der Waals surface area contributed by atoms with Crippen molar-refractivity contribution in [2.75, 3.05) is 6.54 Å². The predicted octanol–water partition coefficient (Wildman–Crippen LogP) is 6.43. The number of thioether (sulfide) groups is 1. The molecule has 1 fully saturated rings. The van der Waals surface area contributed by atoms with Crippen molar-refractivity contribution in [2.45, 2.75) is 6.42 Å². The molecule has 4 aromatic rings. The fourth-order valence-corrected chi connectivity index (χ4v) is 6.58. The number of ether oxygens (including phenoxy) is 1. The van der Waals surface area contributed by atoms with Gasteiger partial charge in [-0.2, -0.15) is 0 Å². The molecule has 1 saturated heterocycles. The first kappa shape index (κ1) is 24.0. The molecule has 0 saturated carbocycles. The van der Waals surface area contributed by atoms with E-state index in [1.54, 1.807) is 42.5 Å². The molecular weight excluding hydrogens is 546 g/mol. The molecule has 11 heteroatoms. The van der Waals surface area contributed by atoms with Gasteiger partial charge in [0.05, 0.1) is 16.0 Å². The lowest BCUT2D eigenvalue weighted by molar-refractivity contribution is -0.134. The Hall–Kier alpha value is -2.76. The van der Waals surface area contributed by atoms with E-state index < -0.39 is 10.9 Å². The van der Waals surface area contributed by atoms with Crippen molar-refractivity contribution < 1.29 is 18.7 Å². The fraction of sp³-hybridized carbons (Fsp3) is 0.0833. The maximum atomic E-state index is 12.8. The number of rotatable bonds is 6. The molecule has 0 unspecified atom stereocenters. The van der Waals surface area contributed by atoms with Gasteiger partial charge in [-0.15, -0.1) is 11.3 Å². The molecule has 1 aliphatic heterocycles. The van der Waals surface area contributed by atoms with E-state index in [9.17, 15) is 14.4 Å². The van der Waals surface area contributed by atoms with Gasteiger partial charge in [0.2, 0.25) is 0 Å². The third kappa shape index (κ3) is 4.98. The molecule has 1 amide bonds. The molecule has 0 spiro atoms. The zero-order chi connectivity index (χ0) is 24.5. The van der Waals surface area contributed by atoms with Gasteiger partial charge in [0.1, 0.15) is 15.7 Å². The van der Waals surface area contributed by atoms with Gasteiger partial charge >= 0.3 is 10.9 Å². The van der Waals surface area contributed by atoms with Crippen molar-refractivity contribution in [2.24, 2.45) is 0 Å². The summed E-state index contributed by atoms with van der Waals surface area (Å²) >= 11 is 15.4. The second kappa shape index (κ2) is 10.1. The van der Waals surface area contributed by atoms with Gasteiger partial charge in [-0.25, -0.2) is 4.79 Å². The third-order valence-corrected chi connectivity index (χ3v) is 8.44. The van der Waals surface area contributed by atoms with Crippen LogP contribution in [0.2, 0.25) is 5.02 Å². The number of benzene rings is 2. The number of thiophene rings is 1. The van der Waals surface area contributed by atoms with Crippen molar-refractivity contribution in [3.8, 4) is 16.9 Å². The number of esters is 1. The van der Waals surface area contributed by atoms with Crippen LogP contribution in [-0.4, -0.2) is 27.6 Å². The zero-order valence-electron chi connectivity index (χ0n) is 17.7. The lowest BCUT2D eigenvalue weighted by atomic mass is 10.0. The zero-order valence-corrected chi connectivity index (χ0v) is 21.7. The number of carbonyl (C=O) groups is 2. The SMILES string of the molecule is O=C(CCN1C(=O)C(=Cc2cccs2)SC1=S)Oc1ccc2oc(=O)sc2c1-c1ccccc1Cl. The molecule has 2 aromatic heterocycles. The maximum Gasteiger partial charge on any atom is 0.396 e. The smallest absolute Gasteiger partial charge is 0.396 e. The first-order valence-electron chi connectivity index (χ1n) is 10.2. The summed E-state index contributed by atoms with van der Waals surface area (Å²) in [5.74, 6) is -0.539. The van der Waals surface area contributed by atoms with Crippen LogP contribution in [0.3, 0.4) is 0 Å². The van der Waals surface area contributed by atoms with Crippen molar-refractivity contribution >= 4 is 90.8 Å². The van der Waals surface area contributed by atoms with Gasteiger partial charge in [0.25, 0.3) is 5.91 Å². The van der Waals surface area contributed by atoms with E-state index in [-0.39, 0.29) is 24.6 Å². The van der Waals surface area contributed by atoms with E-state index in [1.165, 1.54) is 28.0 Å².